The molecule has 84 valence electrons. The number of aromatic nitrogens is 4. The molecule has 0 saturated heterocycles. The summed E-state index contributed by atoms with van der Waals surface area (Å²) in [6.45, 7) is 1.79. The van der Waals surface area contributed by atoms with Gasteiger partial charge in [-0.25, -0.2) is 4.39 Å². The Labute approximate surface area is 91.8 Å². The average Bonchev–Trinajstić information content (AvgIpc) is 2.67. The van der Waals surface area contributed by atoms with E-state index in [1.807, 2.05) is 0 Å². The Morgan fingerprint density at radius 3 is 2.94 bits per heavy atom. The van der Waals surface area contributed by atoms with Gasteiger partial charge in [-0.2, -0.15) is 4.80 Å². The molecule has 0 bridgehead atoms. The third kappa shape index (κ3) is 2.16. The van der Waals surface area contributed by atoms with Crippen LogP contribution in [0.2, 0.25) is 0 Å². The number of nitrogens with zero attached hydrogens (tertiary/aromatic N) is 4. The molecule has 1 aromatic heterocycles. The minimum absolute atomic E-state index is 0.105. The summed E-state index contributed by atoms with van der Waals surface area (Å²) in [5, 5.41) is 11.3. The Morgan fingerprint density at radius 2 is 2.25 bits per heavy atom. The van der Waals surface area contributed by atoms with Gasteiger partial charge in [-0.15, -0.1) is 10.2 Å². The van der Waals surface area contributed by atoms with E-state index in [9.17, 15) is 4.39 Å². The summed E-state index contributed by atoms with van der Waals surface area (Å²) >= 11 is 0. The third-order valence-electron chi connectivity index (χ3n) is 2.06. The molecule has 0 aliphatic rings. The van der Waals surface area contributed by atoms with Crippen LogP contribution in [0.1, 0.15) is 11.4 Å². The normalized spacial score (nSPS) is 10.4. The van der Waals surface area contributed by atoms with E-state index in [4.69, 9.17) is 4.74 Å². The molecule has 0 radical (unpaired) electrons. The highest BCUT2D eigenvalue weighted by Crippen LogP contribution is 2.20. The summed E-state index contributed by atoms with van der Waals surface area (Å²) in [4.78, 5) is 1.32. The lowest BCUT2D eigenvalue weighted by molar-refractivity contribution is 0.280. The zero-order valence-corrected chi connectivity index (χ0v) is 9.01. The maximum Gasteiger partial charge on any atom is 0.212 e. The van der Waals surface area contributed by atoms with Gasteiger partial charge in [0.05, 0.1) is 7.05 Å². The van der Waals surface area contributed by atoms with Gasteiger partial charge in [0, 0.05) is 0 Å². The lowest BCUT2D eigenvalue weighted by Crippen LogP contribution is -2.01. The van der Waals surface area contributed by atoms with E-state index in [1.54, 1.807) is 32.2 Å². The third-order valence-corrected chi connectivity index (χ3v) is 2.06. The minimum atomic E-state index is -0.355. The first-order valence-electron chi connectivity index (χ1n) is 4.77. The van der Waals surface area contributed by atoms with Crippen LogP contribution < -0.4 is 4.74 Å². The second kappa shape index (κ2) is 4.26. The van der Waals surface area contributed by atoms with Crippen molar-refractivity contribution in [3.05, 3.63) is 35.4 Å². The maximum absolute atomic E-state index is 13.5. The van der Waals surface area contributed by atoms with Crippen molar-refractivity contribution in [1.82, 2.24) is 20.2 Å². The van der Waals surface area contributed by atoms with Crippen molar-refractivity contribution in [3.8, 4) is 5.75 Å². The number of aryl methyl sites for hydroxylation is 2. The highest BCUT2D eigenvalue weighted by molar-refractivity contribution is 5.30. The fraction of sp³-hybridized carbons (Fsp3) is 0.300. The zero-order valence-electron chi connectivity index (χ0n) is 9.01. The average molecular weight is 222 g/mol. The van der Waals surface area contributed by atoms with E-state index < -0.39 is 0 Å². The van der Waals surface area contributed by atoms with Crippen molar-refractivity contribution in [1.29, 1.82) is 0 Å². The van der Waals surface area contributed by atoms with Crippen molar-refractivity contribution in [2.75, 3.05) is 0 Å². The van der Waals surface area contributed by atoms with E-state index >= 15 is 0 Å². The molecule has 0 atom stereocenters. The number of ether oxygens (including phenoxy) is 1. The molecule has 6 heteroatoms. The molecule has 1 aromatic carbocycles. The number of hydrogen-bond acceptors (Lipinski definition) is 4. The lowest BCUT2D eigenvalue weighted by Gasteiger charge is -2.05. The molecule has 0 aliphatic heterocycles. The number of tetrazole rings is 1. The van der Waals surface area contributed by atoms with Gasteiger partial charge in [0.2, 0.25) is 5.82 Å². The van der Waals surface area contributed by atoms with Crippen molar-refractivity contribution < 1.29 is 9.13 Å². The van der Waals surface area contributed by atoms with Crippen molar-refractivity contribution in [2.24, 2.45) is 7.05 Å². The van der Waals surface area contributed by atoms with Gasteiger partial charge in [-0.05, 0) is 23.8 Å². The molecule has 5 nitrogen and oxygen atoms in total. The van der Waals surface area contributed by atoms with E-state index in [0.717, 1.165) is 0 Å². The molecule has 0 saturated carbocycles. The fourth-order valence-electron chi connectivity index (χ4n) is 1.26. The second-order valence-electron chi connectivity index (χ2n) is 3.37. The molecule has 0 fully saturated rings. The molecule has 0 spiro atoms. The number of halogens is 1. The van der Waals surface area contributed by atoms with E-state index in [1.165, 1.54) is 4.80 Å². The van der Waals surface area contributed by atoms with Gasteiger partial charge in [0.1, 0.15) is 0 Å². The molecule has 0 unspecified atom stereocenters. The van der Waals surface area contributed by atoms with Gasteiger partial charge in [0.25, 0.3) is 0 Å². The first-order valence-corrected chi connectivity index (χ1v) is 4.77. The topological polar surface area (TPSA) is 52.8 Å². The van der Waals surface area contributed by atoms with E-state index in [-0.39, 0.29) is 18.2 Å². The predicted octanol–water partition coefficient (Wildman–Crippen LogP) is 1.24. The van der Waals surface area contributed by atoms with Crippen LogP contribution in [-0.2, 0) is 13.7 Å². The van der Waals surface area contributed by atoms with Crippen molar-refractivity contribution >= 4 is 0 Å². The SMILES string of the molecule is Cc1cccc(OCc2nnn(C)n2)c1F. The van der Waals surface area contributed by atoms with Gasteiger partial charge in [0.15, 0.2) is 18.2 Å². The van der Waals surface area contributed by atoms with Crippen LogP contribution in [-0.4, -0.2) is 20.2 Å². The number of rotatable bonds is 3. The lowest BCUT2D eigenvalue weighted by atomic mass is 10.2. The molecule has 0 N–H and O–H groups in total. The summed E-state index contributed by atoms with van der Waals surface area (Å²) in [5.41, 5.74) is 0.546. The van der Waals surface area contributed by atoms with E-state index in [2.05, 4.69) is 15.4 Å². The quantitative estimate of drug-likeness (QED) is 0.784. The number of benzene rings is 1. The van der Waals surface area contributed by atoms with Crippen LogP contribution in [0.15, 0.2) is 18.2 Å². The van der Waals surface area contributed by atoms with Crippen LogP contribution in [0.25, 0.3) is 0 Å². The molecule has 0 aliphatic carbocycles. The van der Waals surface area contributed by atoms with Crippen LogP contribution in [0.4, 0.5) is 4.39 Å². The molecule has 1 heterocycles. The Morgan fingerprint density at radius 1 is 1.44 bits per heavy atom. The highest BCUT2D eigenvalue weighted by atomic mass is 19.1. The standard InChI is InChI=1S/C10H11FN4O/c1-7-4-3-5-8(10(7)11)16-6-9-12-14-15(2)13-9/h3-5H,6H2,1-2H3. The molecule has 2 aromatic rings. The summed E-state index contributed by atoms with van der Waals surface area (Å²) in [6, 6.07) is 4.99. The number of hydrogen-bond donors (Lipinski definition) is 0. The molecule has 2 rings (SSSR count). The highest BCUT2D eigenvalue weighted by Gasteiger charge is 2.07. The van der Waals surface area contributed by atoms with Gasteiger partial charge in [-0.1, -0.05) is 12.1 Å². The molecule has 16 heavy (non-hydrogen) atoms. The van der Waals surface area contributed by atoms with Crippen LogP contribution in [0.5, 0.6) is 5.75 Å². The maximum atomic E-state index is 13.5. The van der Waals surface area contributed by atoms with Crippen LogP contribution in [0.3, 0.4) is 0 Å². The fourth-order valence-corrected chi connectivity index (χ4v) is 1.26. The predicted molar refractivity (Wildman–Crippen MR) is 54.3 cm³/mol. The second-order valence-corrected chi connectivity index (χ2v) is 3.37. The van der Waals surface area contributed by atoms with Gasteiger partial charge in [-0.3, -0.25) is 0 Å². The van der Waals surface area contributed by atoms with Crippen LogP contribution in [0, 0.1) is 12.7 Å². The van der Waals surface area contributed by atoms with Crippen molar-refractivity contribution in [2.45, 2.75) is 13.5 Å². The summed E-state index contributed by atoms with van der Waals surface area (Å²) in [5.74, 6) is 0.266. The van der Waals surface area contributed by atoms with Crippen molar-refractivity contribution in [3.63, 3.8) is 0 Å². The molecular formula is C10H11FN4O. The largest absolute Gasteiger partial charge is 0.482 e. The smallest absolute Gasteiger partial charge is 0.212 e. The van der Waals surface area contributed by atoms with Gasteiger partial charge >= 0.3 is 0 Å². The molecular weight excluding hydrogens is 211 g/mol. The summed E-state index contributed by atoms with van der Waals surface area (Å²) < 4.78 is 18.8. The van der Waals surface area contributed by atoms with E-state index in [0.29, 0.717) is 11.4 Å². The Bertz CT molecular complexity index is 497. The minimum Gasteiger partial charge on any atom is -0.482 e. The van der Waals surface area contributed by atoms with Gasteiger partial charge < -0.3 is 4.74 Å². The first-order chi connectivity index (χ1) is 7.66. The Kier molecular flexibility index (Phi) is 2.80. The first kappa shape index (κ1) is 10.5. The van der Waals surface area contributed by atoms with Crippen LogP contribution >= 0.6 is 0 Å². The Balaban J connectivity index is 2.07. The molecule has 0 amide bonds. The summed E-state index contributed by atoms with van der Waals surface area (Å²) in [7, 11) is 1.66. The Hall–Kier alpha value is -1.98. The zero-order chi connectivity index (χ0) is 11.5. The monoisotopic (exact) mass is 222 g/mol. The summed E-state index contributed by atoms with van der Waals surface area (Å²) in [6.07, 6.45) is 0.